The van der Waals surface area contributed by atoms with Crippen LogP contribution in [0.15, 0.2) is 18.2 Å². The lowest BCUT2D eigenvalue weighted by atomic mass is 10.2. The van der Waals surface area contributed by atoms with Crippen LogP contribution in [-0.2, 0) is 5.88 Å². The van der Waals surface area contributed by atoms with E-state index in [1.807, 2.05) is 0 Å². The number of nitro benzene ring substituents is 1. The van der Waals surface area contributed by atoms with E-state index in [0.717, 1.165) is 17.1 Å². The Morgan fingerprint density at radius 3 is 2.88 bits per heavy atom. The van der Waals surface area contributed by atoms with Crippen LogP contribution in [0.25, 0.3) is 0 Å². The van der Waals surface area contributed by atoms with Crippen molar-refractivity contribution in [1.29, 1.82) is 0 Å². The first-order valence-electron chi connectivity index (χ1n) is 5.22. The van der Waals surface area contributed by atoms with E-state index in [2.05, 4.69) is 6.92 Å². The molecule has 0 aliphatic rings. The highest BCUT2D eigenvalue weighted by molar-refractivity contribution is 7.99. The van der Waals surface area contributed by atoms with E-state index in [1.165, 1.54) is 6.07 Å². The molecule has 0 amide bonds. The van der Waals surface area contributed by atoms with Crippen LogP contribution in [0.3, 0.4) is 0 Å². The molecule has 1 aromatic rings. The van der Waals surface area contributed by atoms with Gasteiger partial charge in [-0.05, 0) is 17.4 Å². The fourth-order valence-corrected chi connectivity index (χ4v) is 1.92. The Morgan fingerprint density at radius 2 is 2.29 bits per heavy atom. The highest BCUT2D eigenvalue weighted by atomic mass is 35.5. The van der Waals surface area contributed by atoms with Gasteiger partial charge in [-0.25, -0.2) is 0 Å². The molecule has 0 radical (unpaired) electrons. The third-order valence-corrected chi connectivity index (χ3v) is 3.24. The van der Waals surface area contributed by atoms with Crippen molar-refractivity contribution >= 4 is 29.1 Å². The molecule has 0 N–H and O–H groups in total. The van der Waals surface area contributed by atoms with Gasteiger partial charge >= 0.3 is 5.69 Å². The first-order chi connectivity index (χ1) is 8.19. The topological polar surface area (TPSA) is 52.4 Å². The number of nitro groups is 1. The molecule has 0 fully saturated rings. The fraction of sp³-hybridized carbons (Fsp3) is 0.455. The normalized spacial score (nSPS) is 10.2. The summed E-state index contributed by atoms with van der Waals surface area (Å²) in [5.74, 6) is 2.44. The van der Waals surface area contributed by atoms with Gasteiger partial charge in [-0.1, -0.05) is 13.0 Å². The second-order valence-corrected chi connectivity index (χ2v) is 4.90. The number of thioether (sulfide) groups is 1. The number of benzene rings is 1. The Labute approximate surface area is 109 Å². The summed E-state index contributed by atoms with van der Waals surface area (Å²) in [6.45, 7) is 2.52. The van der Waals surface area contributed by atoms with E-state index in [9.17, 15) is 10.1 Å². The van der Waals surface area contributed by atoms with Crippen molar-refractivity contribution in [3.05, 3.63) is 33.9 Å². The molecule has 1 rings (SSSR count). The van der Waals surface area contributed by atoms with E-state index in [-0.39, 0.29) is 5.69 Å². The van der Waals surface area contributed by atoms with E-state index in [4.69, 9.17) is 16.3 Å². The number of rotatable bonds is 7. The largest absolute Gasteiger partial charge is 0.486 e. The maximum Gasteiger partial charge on any atom is 0.310 e. The van der Waals surface area contributed by atoms with Crippen LogP contribution in [0.5, 0.6) is 5.75 Å². The fourth-order valence-electron chi connectivity index (χ4n) is 1.26. The molecule has 0 heterocycles. The maximum atomic E-state index is 10.8. The standard InChI is InChI=1S/C11H14ClNO3S/c1-2-17-6-5-16-11-7-9(8-12)3-4-10(11)13(14)15/h3-4,7H,2,5-6,8H2,1H3. The molecule has 0 bridgehead atoms. The average Bonchev–Trinajstić information content (AvgIpc) is 2.34. The minimum absolute atomic E-state index is 0.0136. The summed E-state index contributed by atoms with van der Waals surface area (Å²) in [4.78, 5) is 10.4. The Kier molecular flexibility index (Phi) is 6.15. The number of alkyl halides is 1. The highest BCUT2D eigenvalue weighted by Gasteiger charge is 2.15. The van der Waals surface area contributed by atoms with Gasteiger partial charge in [0.1, 0.15) is 0 Å². The van der Waals surface area contributed by atoms with Gasteiger partial charge in [0.2, 0.25) is 0 Å². The summed E-state index contributed by atoms with van der Waals surface area (Å²) in [6, 6.07) is 4.69. The molecule has 0 aliphatic carbocycles. The van der Waals surface area contributed by atoms with Crippen molar-refractivity contribution in [2.24, 2.45) is 0 Å². The summed E-state index contributed by atoms with van der Waals surface area (Å²) in [7, 11) is 0. The molecule has 17 heavy (non-hydrogen) atoms. The first-order valence-corrected chi connectivity index (χ1v) is 6.91. The Hall–Kier alpha value is -0.940. The third-order valence-electron chi connectivity index (χ3n) is 2.06. The second-order valence-electron chi connectivity index (χ2n) is 3.24. The minimum Gasteiger partial charge on any atom is -0.486 e. The monoisotopic (exact) mass is 275 g/mol. The van der Waals surface area contributed by atoms with Crippen LogP contribution < -0.4 is 4.74 Å². The van der Waals surface area contributed by atoms with Crippen molar-refractivity contribution in [3.8, 4) is 5.75 Å². The van der Waals surface area contributed by atoms with Gasteiger partial charge in [0.25, 0.3) is 0 Å². The molecule has 0 saturated heterocycles. The van der Waals surface area contributed by atoms with Gasteiger partial charge in [0, 0.05) is 17.7 Å². The molecule has 0 aromatic heterocycles. The van der Waals surface area contributed by atoms with Crippen LogP contribution in [0, 0.1) is 10.1 Å². The van der Waals surface area contributed by atoms with Crippen molar-refractivity contribution in [3.63, 3.8) is 0 Å². The molecule has 0 atom stereocenters. The van der Waals surface area contributed by atoms with Gasteiger partial charge < -0.3 is 4.74 Å². The Balaban J connectivity index is 2.75. The molecule has 6 heteroatoms. The zero-order valence-electron chi connectivity index (χ0n) is 9.52. The van der Waals surface area contributed by atoms with E-state index >= 15 is 0 Å². The number of nitrogens with zero attached hydrogens (tertiary/aromatic N) is 1. The summed E-state index contributed by atoms with van der Waals surface area (Å²) in [6.07, 6.45) is 0. The quantitative estimate of drug-likeness (QED) is 0.331. The molecular weight excluding hydrogens is 262 g/mol. The van der Waals surface area contributed by atoms with Crippen LogP contribution in [-0.4, -0.2) is 23.0 Å². The van der Waals surface area contributed by atoms with Gasteiger partial charge in [-0.3, -0.25) is 10.1 Å². The number of hydrogen-bond donors (Lipinski definition) is 0. The van der Waals surface area contributed by atoms with Gasteiger partial charge in [0.05, 0.1) is 11.5 Å². The molecule has 0 saturated carbocycles. The SMILES string of the molecule is CCSCCOc1cc(CCl)ccc1[N+](=O)[O-]. The van der Waals surface area contributed by atoms with E-state index in [1.54, 1.807) is 23.9 Å². The van der Waals surface area contributed by atoms with Gasteiger partial charge in [-0.15, -0.1) is 11.6 Å². The highest BCUT2D eigenvalue weighted by Crippen LogP contribution is 2.28. The van der Waals surface area contributed by atoms with Crippen molar-refractivity contribution in [1.82, 2.24) is 0 Å². The lowest BCUT2D eigenvalue weighted by Gasteiger charge is -2.07. The first kappa shape index (κ1) is 14.1. The molecule has 4 nitrogen and oxygen atoms in total. The predicted molar refractivity (Wildman–Crippen MR) is 71.1 cm³/mol. The van der Waals surface area contributed by atoms with Crippen molar-refractivity contribution in [2.75, 3.05) is 18.1 Å². The zero-order chi connectivity index (χ0) is 12.7. The predicted octanol–water partition coefficient (Wildman–Crippen LogP) is 3.47. The van der Waals surface area contributed by atoms with E-state index in [0.29, 0.717) is 18.2 Å². The average molecular weight is 276 g/mol. The van der Waals surface area contributed by atoms with Crippen LogP contribution >= 0.6 is 23.4 Å². The smallest absolute Gasteiger partial charge is 0.310 e. The molecule has 1 aromatic carbocycles. The van der Waals surface area contributed by atoms with Crippen LogP contribution in [0.2, 0.25) is 0 Å². The summed E-state index contributed by atoms with van der Waals surface area (Å²) in [5, 5.41) is 10.8. The molecule has 0 spiro atoms. The molecular formula is C11H14ClNO3S. The number of ether oxygens (including phenoxy) is 1. The molecule has 94 valence electrons. The van der Waals surface area contributed by atoms with Crippen LogP contribution in [0.4, 0.5) is 5.69 Å². The third kappa shape index (κ3) is 4.44. The number of hydrogen-bond acceptors (Lipinski definition) is 4. The van der Waals surface area contributed by atoms with Crippen molar-refractivity contribution < 1.29 is 9.66 Å². The zero-order valence-corrected chi connectivity index (χ0v) is 11.1. The second kappa shape index (κ2) is 7.40. The van der Waals surface area contributed by atoms with Gasteiger partial charge in [0.15, 0.2) is 5.75 Å². The number of halogens is 1. The Morgan fingerprint density at radius 1 is 1.53 bits per heavy atom. The molecule has 0 aliphatic heterocycles. The maximum absolute atomic E-state index is 10.8. The van der Waals surface area contributed by atoms with Crippen molar-refractivity contribution in [2.45, 2.75) is 12.8 Å². The van der Waals surface area contributed by atoms with Gasteiger partial charge in [-0.2, -0.15) is 11.8 Å². The van der Waals surface area contributed by atoms with E-state index < -0.39 is 4.92 Å². The summed E-state index contributed by atoms with van der Waals surface area (Å²) < 4.78 is 5.42. The Bertz CT molecular complexity index is 387. The lowest BCUT2D eigenvalue weighted by Crippen LogP contribution is -2.03. The molecule has 0 unspecified atom stereocenters. The lowest BCUT2D eigenvalue weighted by molar-refractivity contribution is -0.385. The summed E-state index contributed by atoms with van der Waals surface area (Å²) in [5.41, 5.74) is 0.802. The summed E-state index contributed by atoms with van der Waals surface area (Å²) >= 11 is 7.42. The van der Waals surface area contributed by atoms with Crippen LogP contribution in [0.1, 0.15) is 12.5 Å². The minimum atomic E-state index is -0.444.